The highest BCUT2D eigenvalue weighted by atomic mass is 35.5. The number of carbonyl (C=O) groups is 2. The summed E-state index contributed by atoms with van der Waals surface area (Å²) in [6.07, 6.45) is 0.628. The van der Waals surface area contributed by atoms with Crippen LogP contribution >= 0.6 is 11.6 Å². The number of benzene rings is 1. The molecule has 1 aromatic rings. The Morgan fingerprint density at radius 2 is 2.14 bits per heavy atom. The summed E-state index contributed by atoms with van der Waals surface area (Å²) in [5, 5.41) is 3.13. The minimum atomic E-state index is -0.447. The van der Waals surface area contributed by atoms with Crippen molar-refractivity contribution in [3.8, 4) is 11.5 Å². The number of imide groups is 1. The monoisotopic (exact) mass is 324 g/mol. The predicted molar refractivity (Wildman–Crippen MR) is 79.9 cm³/mol. The second kappa shape index (κ2) is 5.68. The molecule has 1 atom stereocenters. The molecule has 0 aliphatic carbocycles. The van der Waals surface area contributed by atoms with Crippen LogP contribution in [0.1, 0.15) is 25.8 Å². The fraction of sp³-hybridized carbons (Fsp3) is 0.467. The van der Waals surface area contributed by atoms with E-state index in [0.717, 1.165) is 5.56 Å². The summed E-state index contributed by atoms with van der Waals surface area (Å²) in [5.41, 5.74) is 0.725. The number of ether oxygens (including phenoxy) is 2. The van der Waals surface area contributed by atoms with Gasteiger partial charge in [-0.05, 0) is 30.0 Å². The van der Waals surface area contributed by atoms with Gasteiger partial charge in [-0.1, -0.05) is 25.4 Å². The lowest BCUT2D eigenvalue weighted by Gasteiger charge is -2.14. The van der Waals surface area contributed by atoms with Crippen LogP contribution in [0.4, 0.5) is 4.79 Å². The number of halogens is 1. The van der Waals surface area contributed by atoms with Crippen molar-refractivity contribution >= 4 is 23.5 Å². The van der Waals surface area contributed by atoms with Crippen molar-refractivity contribution in [1.29, 1.82) is 0 Å². The van der Waals surface area contributed by atoms with Crippen LogP contribution in [0, 0.1) is 5.92 Å². The highest BCUT2D eigenvalue weighted by Crippen LogP contribution is 2.40. The maximum absolute atomic E-state index is 12.3. The SMILES string of the molecule is CC(C)C[C@@H]1NC(=O)N(Cc2cc(Cl)c3c(c2)OCO3)C1=O. The molecule has 0 saturated carbocycles. The first-order valence-electron chi connectivity index (χ1n) is 7.15. The summed E-state index contributed by atoms with van der Waals surface area (Å²) in [6, 6.07) is 2.61. The molecule has 3 rings (SSSR count). The van der Waals surface area contributed by atoms with Gasteiger partial charge in [0.1, 0.15) is 6.04 Å². The number of nitrogens with one attached hydrogen (secondary N) is 1. The van der Waals surface area contributed by atoms with E-state index in [4.69, 9.17) is 21.1 Å². The second-order valence-corrected chi connectivity index (χ2v) is 6.27. The zero-order chi connectivity index (χ0) is 15.9. The molecule has 6 nitrogen and oxygen atoms in total. The number of nitrogens with zero attached hydrogens (tertiary/aromatic N) is 1. The third-order valence-corrected chi connectivity index (χ3v) is 3.92. The van der Waals surface area contributed by atoms with Crippen LogP contribution in [-0.2, 0) is 11.3 Å². The van der Waals surface area contributed by atoms with Crippen LogP contribution in [0.5, 0.6) is 11.5 Å². The van der Waals surface area contributed by atoms with Crippen molar-refractivity contribution in [2.45, 2.75) is 32.9 Å². The average Bonchev–Trinajstić information content (AvgIpc) is 2.99. The Kier molecular flexibility index (Phi) is 3.87. The van der Waals surface area contributed by atoms with Gasteiger partial charge in [-0.3, -0.25) is 9.69 Å². The quantitative estimate of drug-likeness (QED) is 0.864. The number of amides is 3. The van der Waals surface area contributed by atoms with E-state index >= 15 is 0 Å². The van der Waals surface area contributed by atoms with Gasteiger partial charge in [-0.15, -0.1) is 0 Å². The van der Waals surface area contributed by atoms with E-state index in [0.29, 0.717) is 28.9 Å². The normalized spacial score (nSPS) is 20.0. The number of rotatable bonds is 4. The lowest BCUT2D eigenvalue weighted by molar-refractivity contribution is -0.128. The van der Waals surface area contributed by atoms with Gasteiger partial charge >= 0.3 is 6.03 Å². The fourth-order valence-electron chi connectivity index (χ4n) is 2.65. The minimum absolute atomic E-state index is 0.123. The lowest BCUT2D eigenvalue weighted by atomic mass is 10.0. The zero-order valence-corrected chi connectivity index (χ0v) is 13.1. The van der Waals surface area contributed by atoms with E-state index < -0.39 is 6.04 Å². The molecule has 2 aliphatic heterocycles. The molecule has 118 valence electrons. The average molecular weight is 325 g/mol. The van der Waals surface area contributed by atoms with E-state index in [1.54, 1.807) is 12.1 Å². The molecule has 0 aromatic heterocycles. The van der Waals surface area contributed by atoms with Crippen molar-refractivity contribution in [2.24, 2.45) is 5.92 Å². The molecule has 0 unspecified atom stereocenters. The van der Waals surface area contributed by atoms with Gasteiger partial charge in [0.15, 0.2) is 11.5 Å². The standard InChI is InChI=1S/C15H17ClN2O4/c1-8(2)3-11-14(19)18(15(20)17-11)6-9-4-10(16)13-12(5-9)21-7-22-13/h4-5,8,11H,3,6-7H2,1-2H3,(H,17,20)/t11-/m0/s1. The molecule has 2 heterocycles. The molecule has 7 heteroatoms. The first-order chi connectivity index (χ1) is 10.5. The first kappa shape index (κ1) is 15.0. The second-order valence-electron chi connectivity index (χ2n) is 5.87. The maximum atomic E-state index is 12.3. The maximum Gasteiger partial charge on any atom is 0.325 e. The summed E-state index contributed by atoms with van der Waals surface area (Å²) in [6.45, 7) is 4.31. The minimum Gasteiger partial charge on any atom is -0.454 e. The largest absolute Gasteiger partial charge is 0.454 e. The molecule has 0 radical (unpaired) electrons. The topological polar surface area (TPSA) is 67.9 Å². The molecule has 1 aromatic carbocycles. The molecule has 1 N–H and O–H groups in total. The van der Waals surface area contributed by atoms with E-state index in [1.807, 2.05) is 13.8 Å². The van der Waals surface area contributed by atoms with Gasteiger partial charge < -0.3 is 14.8 Å². The highest BCUT2D eigenvalue weighted by molar-refractivity contribution is 6.32. The Labute approximate surface area is 133 Å². The number of fused-ring (bicyclic) bond motifs is 1. The van der Waals surface area contributed by atoms with E-state index in [1.165, 1.54) is 4.90 Å². The molecule has 1 saturated heterocycles. The molecule has 2 aliphatic rings. The fourth-order valence-corrected chi connectivity index (χ4v) is 2.94. The summed E-state index contributed by atoms with van der Waals surface area (Å²) in [5.74, 6) is 1.16. The molecule has 0 spiro atoms. The summed E-state index contributed by atoms with van der Waals surface area (Å²) >= 11 is 6.12. The van der Waals surface area contributed by atoms with Gasteiger partial charge in [-0.25, -0.2) is 4.79 Å². The highest BCUT2D eigenvalue weighted by Gasteiger charge is 2.38. The zero-order valence-electron chi connectivity index (χ0n) is 12.4. The van der Waals surface area contributed by atoms with E-state index in [2.05, 4.69) is 5.32 Å². The Hall–Kier alpha value is -1.95. The summed E-state index contributed by atoms with van der Waals surface area (Å²) in [7, 11) is 0. The van der Waals surface area contributed by atoms with Crippen molar-refractivity contribution in [1.82, 2.24) is 10.2 Å². The number of carbonyl (C=O) groups excluding carboxylic acids is 2. The lowest BCUT2D eigenvalue weighted by Crippen LogP contribution is -2.31. The Morgan fingerprint density at radius 3 is 2.86 bits per heavy atom. The van der Waals surface area contributed by atoms with Crippen LogP contribution in [0.15, 0.2) is 12.1 Å². The van der Waals surface area contributed by atoms with Gasteiger partial charge in [0.05, 0.1) is 11.6 Å². The third kappa shape index (κ3) is 2.70. The molecule has 1 fully saturated rings. The Bertz CT molecular complexity index is 632. The molecular weight excluding hydrogens is 308 g/mol. The Morgan fingerprint density at radius 1 is 1.36 bits per heavy atom. The van der Waals surface area contributed by atoms with Crippen molar-refractivity contribution in [2.75, 3.05) is 6.79 Å². The predicted octanol–water partition coefficient (Wildman–Crippen LogP) is 2.54. The van der Waals surface area contributed by atoms with Crippen LogP contribution in [0.25, 0.3) is 0 Å². The molecule has 0 bridgehead atoms. The molecule has 22 heavy (non-hydrogen) atoms. The van der Waals surface area contributed by atoms with Crippen molar-refractivity contribution < 1.29 is 19.1 Å². The number of urea groups is 1. The van der Waals surface area contributed by atoms with Crippen LogP contribution in [0.3, 0.4) is 0 Å². The van der Waals surface area contributed by atoms with Crippen molar-refractivity contribution in [3.63, 3.8) is 0 Å². The molecular formula is C15H17ClN2O4. The van der Waals surface area contributed by atoms with Crippen LogP contribution in [-0.4, -0.2) is 29.7 Å². The van der Waals surface area contributed by atoms with Gasteiger partial charge in [0.2, 0.25) is 6.79 Å². The Balaban J connectivity index is 1.77. The molecule has 3 amide bonds. The number of hydrogen-bond acceptors (Lipinski definition) is 4. The summed E-state index contributed by atoms with van der Waals surface area (Å²) < 4.78 is 10.5. The number of hydrogen-bond donors (Lipinski definition) is 1. The first-order valence-corrected chi connectivity index (χ1v) is 7.53. The van der Waals surface area contributed by atoms with Crippen LogP contribution < -0.4 is 14.8 Å². The van der Waals surface area contributed by atoms with E-state index in [-0.39, 0.29) is 25.3 Å². The van der Waals surface area contributed by atoms with Gasteiger partial charge in [0, 0.05) is 0 Å². The van der Waals surface area contributed by atoms with Gasteiger partial charge in [-0.2, -0.15) is 0 Å². The van der Waals surface area contributed by atoms with Crippen LogP contribution in [0.2, 0.25) is 5.02 Å². The third-order valence-electron chi connectivity index (χ3n) is 3.64. The van der Waals surface area contributed by atoms with E-state index in [9.17, 15) is 9.59 Å². The smallest absolute Gasteiger partial charge is 0.325 e. The summed E-state index contributed by atoms with van der Waals surface area (Å²) in [4.78, 5) is 25.5. The van der Waals surface area contributed by atoms with Gasteiger partial charge in [0.25, 0.3) is 5.91 Å². The van der Waals surface area contributed by atoms with Crippen molar-refractivity contribution in [3.05, 3.63) is 22.7 Å².